The fourth-order valence-corrected chi connectivity index (χ4v) is 3.19. The lowest BCUT2D eigenvalue weighted by Crippen LogP contribution is -2.13. The van der Waals surface area contributed by atoms with E-state index >= 15 is 0 Å². The summed E-state index contributed by atoms with van der Waals surface area (Å²) in [6, 6.07) is 9.30. The van der Waals surface area contributed by atoms with Gasteiger partial charge in [0.15, 0.2) is 5.76 Å². The van der Waals surface area contributed by atoms with Crippen molar-refractivity contribution in [1.82, 2.24) is 24.5 Å². The van der Waals surface area contributed by atoms with E-state index in [-0.39, 0.29) is 40.9 Å². The Labute approximate surface area is 181 Å². The van der Waals surface area contributed by atoms with Crippen LogP contribution in [0.4, 0.5) is 16.2 Å². The number of benzene rings is 1. The fraction of sp³-hybridized carbons (Fsp3) is 0.111. The molecule has 11 nitrogen and oxygen atoms in total. The number of hydrogen-bond acceptors (Lipinski definition) is 7. The molecule has 0 aliphatic heterocycles. The van der Waals surface area contributed by atoms with Gasteiger partial charge in [0, 0.05) is 5.56 Å². The predicted molar refractivity (Wildman–Crippen MR) is 108 cm³/mol. The van der Waals surface area contributed by atoms with Gasteiger partial charge in [0.05, 0.1) is 17.8 Å². The lowest BCUT2D eigenvalue weighted by atomic mass is 10.2. The van der Waals surface area contributed by atoms with Crippen LogP contribution in [0.25, 0.3) is 0 Å². The van der Waals surface area contributed by atoms with E-state index in [2.05, 4.69) is 36.4 Å². The third-order valence-electron chi connectivity index (χ3n) is 4.13. The molecule has 0 radical (unpaired) electrons. The molecule has 0 fully saturated rings. The predicted octanol–water partition coefficient (Wildman–Crippen LogP) is 3.23. The Morgan fingerprint density at radius 3 is 2.74 bits per heavy atom. The second-order valence-corrected chi connectivity index (χ2v) is 7.19. The van der Waals surface area contributed by atoms with Crippen molar-refractivity contribution in [2.24, 2.45) is 0 Å². The molecule has 0 atom stereocenters. The Morgan fingerprint density at radius 2 is 2.00 bits per heavy atom. The molecule has 0 saturated heterocycles. The summed E-state index contributed by atoms with van der Waals surface area (Å²) in [4.78, 5) is 26.6. The Hall–Kier alpha value is -3.87. The molecule has 0 unspecified atom stereocenters. The number of aromatic nitrogens is 5. The first-order valence-corrected chi connectivity index (χ1v) is 9.58. The lowest BCUT2D eigenvalue weighted by Gasteiger charge is -2.02. The summed E-state index contributed by atoms with van der Waals surface area (Å²) < 4.78 is 22.2. The van der Waals surface area contributed by atoms with Crippen LogP contribution in [0.1, 0.15) is 21.9 Å². The monoisotopic (exact) mass is 489 g/mol. The zero-order chi connectivity index (χ0) is 22.0. The van der Waals surface area contributed by atoms with Gasteiger partial charge in [0.25, 0.3) is 5.91 Å². The second-order valence-electron chi connectivity index (χ2n) is 6.33. The molecule has 1 amide bonds. The normalized spacial score (nSPS) is 10.9. The van der Waals surface area contributed by atoms with Crippen molar-refractivity contribution in [2.45, 2.75) is 13.1 Å². The van der Waals surface area contributed by atoms with Gasteiger partial charge in [-0.1, -0.05) is 18.2 Å². The molecule has 3 aromatic heterocycles. The number of halogens is 2. The number of anilines is 1. The average molecular weight is 490 g/mol. The third kappa shape index (κ3) is 4.66. The van der Waals surface area contributed by atoms with Crippen molar-refractivity contribution in [1.29, 1.82) is 0 Å². The molecule has 1 N–H and O–H groups in total. The highest BCUT2D eigenvalue weighted by Crippen LogP contribution is 2.23. The van der Waals surface area contributed by atoms with Crippen molar-refractivity contribution < 1.29 is 18.5 Å². The van der Waals surface area contributed by atoms with E-state index in [4.69, 9.17) is 4.42 Å². The molecule has 1 aromatic carbocycles. The summed E-state index contributed by atoms with van der Waals surface area (Å²) in [7, 11) is 0. The molecule has 0 spiro atoms. The highest BCUT2D eigenvalue weighted by atomic mass is 79.9. The molecule has 4 aromatic rings. The Kier molecular flexibility index (Phi) is 5.58. The quantitative estimate of drug-likeness (QED) is 0.311. The zero-order valence-corrected chi connectivity index (χ0v) is 17.2. The van der Waals surface area contributed by atoms with Gasteiger partial charge in [0.2, 0.25) is 5.95 Å². The number of hydrogen-bond donors (Lipinski definition) is 1. The average Bonchev–Trinajstić information content (AvgIpc) is 3.45. The Bertz CT molecular complexity index is 1270. The van der Waals surface area contributed by atoms with Crippen LogP contribution >= 0.6 is 15.9 Å². The van der Waals surface area contributed by atoms with Crippen LogP contribution in [-0.4, -0.2) is 35.4 Å². The van der Waals surface area contributed by atoms with Crippen LogP contribution in [0.2, 0.25) is 0 Å². The SMILES string of the molecule is O=C(Nc1ncn(Cc2ccccc2F)n1)c1ccc(Cn2cc(Br)c([N+](=O)[O-])n2)o1. The van der Waals surface area contributed by atoms with Gasteiger partial charge in [-0.3, -0.25) is 10.1 Å². The van der Waals surface area contributed by atoms with Gasteiger partial charge in [-0.25, -0.2) is 14.1 Å². The van der Waals surface area contributed by atoms with Crippen molar-refractivity contribution in [3.63, 3.8) is 0 Å². The van der Waals surface area contributed by atoms with E-state index in [0.29, 0.717) is 11.3 Å². The second kappa shape index (κ2) is 8.47. The van der Waals surface area contributed by atoms with E-state index < -0.39 is 10.8 Å². The van der Waals surface area contributed by atoms with Gasteiger partial charge in [-0.05, 0) is 39.1 Å². The number of rotatable bonds is 7. The number of furan rings is 1. The summed E-state index contributed by atoms with van der Waals surface area (Å²) >= 11 is 3.07. The number of nitro groups is 1. The first-order chi connectivity index (χ1) is 14.9. The molecule has 13 heteroatoms. The summed E-state index contributed by atoms with van der Waals surface area (Å²) in [5.41, 5.74) is 0.437. The van der Waals surface area contributed by atoms with Crippen molar-refractivity contribution in [3.05, 3.63) is 86.4 Å². The van der Waals surface area contributed by atoms with Crippen LogP contribution in [0.5, 0.6) is 0 Å². The van der Waals surface area contributed by atoms with Gasteiger partial charge >= 0.3 is 5.82 Å². The van der Waals surface area contributed by atoms with Crippen molar-refractivity contribution in [2.75, 3.05) is 5.32 Å². The summed E-state index contributed by atoms with van der Waals surface area (Å²) in [6.07, 6.45) is 2.81. The summed E-state index contributed by atoms with van der Waals surface area (Å²) in [6.45, 7) is 0.251. The van der Waals surface area contributed by atoms with Crippen LogP contribution in [0.3, 0.4) is 0 Å². The molecule has 0 aliphatic carbocycles. The molecule has 31 heavy (non-hydrogen) atoms. The van der Waals surface area contributed by atoms with E-state index in [1.165, 1.54) is 34.0 Å². The van der Waals surface area contributed by atoms with Crippen LogP contribution < -0.4 is 5.32 Å². The van der Waals surface area contributed by atoms with Gasteiger partial charge in [-0.2, -0.15) is 4.68 Å². The smallest absolute Gasteiger partial charge is 0.404 e. The molecule has 0 bridgehead atoms. The maximum absolute atomic E-state index is 13.7. The van der Waals surface area contributed by atoms with E-state index in [9.17, 15) is 19.3 Å². The molecule has 3 heterocycles. The van der Waals surface area contributed by atoms with Crippen molar-refractivity contribution in [3.8, 4) is 0 Å². The molecule has 4 rings (SSSR count). The van der Waals surface area contributed by atoms with Crippen molar-refractivity contribution >= 4 is 33.6 Å². The minimum absolute atomic E-state index is 0.00109. The van der Waals surface area contributed by atoms with Crippen LogP contribution in [0, 0.1) is 15.9 Å². The van der Waals surface area contributed by atoms with Crippen LogP contribution in [-0.2, 0) is 13.1 Å². The molecular formula is C18H13BrFN7O4. The lowest BCUT2D eigenvalue weighted by molar-refractivity contribution is -0.390. The summed E-state index contributed by atoms with van der Waals surface area (Å²) in [5, 5.41) is 21.3. The maximum atomic E-state index is 13.7. The molecular weight excluding hydrogens is 477 g/mol. The van der Waals surface area contributed by atoms with E-state index in [0.717, 1.165) is 0 Å². The minimum Gasteiger partial charge on any atom is -0.454 e. The van der Waals surface area contributed by atoms with Gasteiger partial charge < -0.3 is 14.5 Å². The fourth-order valence-electron chi connectivity index (χ4n) is 2.73. The Morgan fingerprint density at radius 1 is 1.19 bits per heavy atom. The standard InChI is InChI=1S/C18H13BrFN7O4/c19-13-9-25(23-16(13)27(29)30)8-12-5-6-15(31-12)17(28)22-18-21-10-26(24-18)7-11-3-1-2-4-14(11)20/h1-6,9-10H,7-8H2,(H,22,24,28). The minimum atomic E-state index is -0.611. The number of carbonyl (C=O) groups excluding carboxylic acids is 1. The van der Waals surface area contributed by atoms with Gasteiger partial charge in [0.1, 0.15) is 28.9 Å². The summed E-state index contributed by atoms with van der Waals surface area (Å²) in [5.74, 6) is -0.856. The third-order valence-corrected chi connectivity index (χ3v) is 4.69. The maximum Gasteiger partial charge on any atom is 0.404 e. The number of amides is 1. The molecule has 158 valence electrons. The largest absolute Gasteiger partial charge is 0.454 e. The molecule has 0 aliphatic rings. The first-order valence-electron chi connectivity index (χ1n) is 8.79. The van der Waals surface area contributed by atoms with Crippen LogP contribution in [0.15, 0.2) is 57.8 Å². The number of nitrogens with one attached hydrogen (secondary N) is 1. The Balaban J connectivity index is 1.39. The number of nitrogens with zero attached hydrogens (tertiary/aromatic N) is 6. The first kappa shape index (κ1) is 20.4. The van der Waals surface area contributed by atoms with E-state index in [1.807, 2.05) is 0 Å². The highest BCUT2D eigenvalue weighted by molar-refractivity contribution is 9.10. The number of carbonyl (C=O) groups is 1. The highest BCUT2D eigenvalue weighted by Gasteiger charge is 2.20. The zero-order valence-electron chi connectivity index (χ0n) is 15.6. The van der Waals surface area contributed by atoms with Gasteiger partial charge in [-0.15, -0.1) is 5.10 Å². The topological polar surface area (TPSA) is 134 Å². The van der Waals surface area contributed by atoms with E-state index in [1.54, 1.807) is 24.3 Å². The molecule has 0 saturated carbocycles.